The van der Waals surface area contributed by atoms with E-state index in [1.165, 1.54) is 11.1 Å². The highest BCUT2D eigenvalue weighted by Crippen LogP contribution is 2.28. The Morgan fingerprint density at radius 2 is 2.00 bits per heavy atom. The summed E-state index contributed by atoms with van der Waals surface area (Å²) in [4.78, 5) is 25.8. The molecule has 0 spiro atoms. The van der Waals surface area contributed by atoms with Crippen LogP contribution in [0, 0.1) is 0 Å². The van der Waals surface area contributed by atoms with Crippen molar-refractivity contribution in [3.8, 4) is 0 Å². The number of rotatable bonds is 2. The summed E-state index contributed by atoms with van der Waals surface area (Å²) in [6, 6.07) is 7.61. The van der Waals surface area contributed by atoms with E-state index in [1.54, 1.807) is 24.5 Å². The quantitative estimate of drug-likeness (QED) is 0.792. The van der Waals surface area contributed by atoms with Gasteiger partial charge in [0.05, 0.1) is 0 Å². The van der Waals surface area contributed by atoms with Gasteiger partial charge in [-0.1, -0.05) is 6.08 Å². The molecule has 5 heteroatoms. The molecule has 0 radical (unpaired) electrons. The first-order chi connectivity index (χ1) is 11.3. The second-order valence-electron chi connectivity index (χ2n) is 5.56. The van der Waals surface area contributed by atoms with Gasteiger partial charge in [0, 0.05) is 48.8 Å². The molecule has 0 aliphatic carbocycles. The molecule has 0 fully saturated rings. The number of carbonyl (C=O) groups is 1. The van der Waals surface area contributed by atoms with Crippen molar-refractivity contribution < 1.29 is 4.79 Å². The van der Waals surface area contributed by atoms with Gasteiger partial charge in [0.1, 0.15) is 5.65 Å². The van der Waals surface area contributed by atoms with E-state index in [1.807, 2.05) is 29.4 Å². The summed E-state index contributed by atoms with van der Waals surface area (Å²) < 4.78 is 0. The number of amides is 1. The topological polar surface area (TPSA) is 61.9 Å². The molecule has 0 unspecified atom stereocenters. The van der Waals surface area contributed by atoms with Crippen LogP contribution in [-0.2, 0) is 0 Å². The molecule has 114 valence electrons. The highest BCUT2D eigenvalue weighted by Gasteiger charge is 2.20. The Morgan fingerprint density at radius 3 is 2.78 bits per heavy atom. The largest absolute Gasteiger partial charge is 0.346 e. The maximum absolute atomic E-state index is 12.5. The highest BCUT2D eigenvalue weighted by molar-refractivity contribution is 5.95. The lowest BCUT2D eigenvalue weighted by Crippen LogP contribution is -2.34. The Hall–Kier alpha value is -2.95. The third-order valence-electron chi connectivity index (χ3n) is 4.23. The lowest BCUT2D eigenvalue weighted by molar-refractivity contribution is 0.0773. The Bertz CT molecular complexity index is 882. The van der Waals surface area contributed by atoms with E-state index >= 15 is 0 Å². The van der Waals surface area contributed by atoms with Crippen LogP contribution in [-0.4, -0.2) is 38.8 Å². The number of aromatic amines is 1. The fraction of sp³-hybridized carbons (Fsp3) is 0.167. The molecule has 1 aliphatic heterocycles. The first-order valence-electron chi connectivity index (χ1n) is 7.64. The smallest absolute Gasteiger partial charge is 0.254 e. The second-order valence-corrected chi connectivity index (χ2v) is 5.56. The van der Waals surface area contributed by atoms with Crippen LogP contribution in [0.2, 0.25) is 0 Å². The molecule has 0 bridgehead atoms. The molecule has 1 N–H and O–H groups in total. The Morgan fingerprint density at radius 1 is 1.13 bits per heavy atom. The van der Waals surface area contributed by atoms with Crippen LogP contribution in [0.3, 0.4) is 0 Å². The maximum Gasteiger partial charge on any atom is 0.254 e. The summed E-state index contributed by atoms with van der Waals surface area (Å²) >= 11 is 0. The van der Waals surface area contributed by atoms with Crippen molar-refractivity contribution in [2.75, 3.05) is 13.1 Å². The van der Waals surface area contributed by atoms with E-state index in [0.29, 0.717) is 12.1 Å². The number of H-pyrrole nitrogens is 1. The van der Waals surface area contributed by atoms with Gasteiger partial charge in [0.15, 0.2) is 0 Å². The zero-order valence-electron chi connectivity index (χ0n) is 12.6. The minimum absolute atomic E-state index is 0.0595. The van der Waals surface area contributed by atoms with Crippen LogP contribution in [0.5, 0.6) is 0 Å². The summed E-state index contributed by atoms with van der Waals surface area (Å²) in [7, 11) is 0. The van der Waals surface area contributed by atoms with Gasteiger partial charge in [0.25, 0.3) is 5.91 Å². The number of nitrogens with zero attached hydrogens (tertiary/aromatic N) is 3. The monoisotopic (exact) mass is 304 g/mol. The van der Waals surface area contributed by atoms with Gasteiger partial charge in [-0.2, -0.15) is 0 Å². The van der Waals surface area contributed by atoms with E-state index in [2.05, 4.69) is 21.0 Å². The number of hydrogen-bond donors (Lipinski definition) is 1. The number of hydrogen-bond acceptors (Lipinski definition) is 3. The normalized spacial score (nSPS) is 14.8. The molecule has 0 aromatic carbocycles. The summed E-state index contributed by atoms with van der Waals surface area (Å²) in [5.41, 5.74) is 4.07. The lowest BCUT2D eigenvalue weighted by atomic mass is 9.97. The van der Waals surface area contributed by atoms with Crippen LogP contribution < -0.4 is 0 Å². The predicted octanol–water partition coefficient (Wildman–Crippen LogP) is 2.89. The van der Waals surface area contributed by atoms with Crippen LogP contribution in [0.25, 0.3) is 16.6 Å². The molecule has 23 heavy (non-hydrogen) atoms. The van der Waals surface area contributed by atoms with E-state index in [9.17, 15) is 4.79 Å². The van der Waals surface area contributed by atoms with Crippen LogP contribution in [0.4, 0.5) is 0 Å². The molecule has 5 nitrogen and oxygen atoms in total. The van der Waals surface area contributed by atoms with Gasteiger partial charge in [-0.25, -0.2) is 4.98 Å². The molecule has 4 rings (SSSR count). The van der Waals surface area contributed by atoms with Gasteiger partial charge in [0.2, 0.25) is 0 Å². The van der Waals surface area contributed by atoms with Crippen molar-refractivity contribution in [2.45, 2.75) is 6.42 Å². The molecular formula is C18H16N4O. The van der Waals surface area contributed by atoms with Crippen LogP contribution in [0.15, 0.2) is 55.1 Å². The summed E-state index contributed by atoms with van der Waals surface area (Å²) in [5.74, 6) is 0.0595. The van der Waals surface area contributed by atoms with Gasteiger partial charge in [-0.3, -0.25) is 9.78 Å². The first-order valence-corrected chi connectivity index (χ1v) is 7.64. The summed E-state index contributed by atoms with van der Waals surface area (Å²) in [5, 5.41) is 1.13. The number of carbonyl (C=O) groups excluding carboxylic acids is 1. The summed E-state index contributed by atoms with van der Waals surface area (Å²) in [6.45, 7) is 1.35. The number of fused-ring (bicyclic) bond motifs is 1. The first kappa shape index (κ1) is 13.7. The van der Waals surface area contributed by atoms with Gasteiger partial charge < -0.3 is 9.88 Å². The number of pyridine rings is 2. The van der Waals surface area contributed by atoms with Crippen molar-refractivity contribution in [3.05, 3.63) is 66.3 Å². The standard InChI is InChI=1S/C18H16N4O/c23-18(14-1-7-19-8-2-14)22-11-5-13(6-12-22)15-3-9-20-17-16(15)4-10-21-17/h1-5,7-10H,6,11-12H2,(H,20,21). The molecule has 4 heterocycles. The zero-order valence-corrected chi connectivity index (χ0v) is 12.6. The molecule has 1 aliphatic rings. The van der Waals surface area contributed by atoms with Crippen molar-refractivity contribution in [1.29, 1.82) is 0 Å². The molecule has 0 saturated carbocycles. The van der Waals surface area contributed by atoms with Crippen molar-refractivity contribution in [1.82, 2.24) is 19.9 Å². The zero-order chi connectivity index (χ0) is 15.6. The molecule has 3 aromatic rings. The predicted molar refractivity (Wildman–Crippen MR) is 88.8 cm³/mol. The molecule has 0 atom stereocenters. The lowest BCUT2D eigenvalue weighted by Gasteiger charge is -2.27. The number of aromatic nitrogens is 3. The van der Waals surface area contributed by atoms with Crippen molar-refractivity contribution >= 4 is 22.5 Å². The van der Waals surface area contributed by atoms with Crippen molar-refractivity contribution in [3.63, 3.8) is 0 Å². The fourth-order valence-electron chi connectivity index (χ4n) is 3.02. The van der Waals surface area contributed by atoms with E-state index < -0.39 is 0 Å². The second kappa shape index (κ2) is 5.68. The minimum atomic E-state index is 0.0595. The number of nitrogens with one attached hydrogen (secondary N) is 1. The average molecular weight is 304 g/mol. The van der Waals surface area contributed by atoms with E-state index in [-0.39, 0.29) is 5.91 Å². The van der Waals surface area contributed by atoms with Gasteiger partial charge >= 0.3 is 0 Å². The minimum Gasteiger partial charge on any atom is -0.346 e. The molecule has 0 saturated heterocycles. The average Bonchev–Trinajstić information content (AvgIpc) is 3.11. The Kier molecular flexibility index (Phi) is 3.38. The van der Waals surface area contributed by atoms with E-state index in [0.717, 1.165) is 24.0 Å². The Balaban J connectivity index is 1.58. The third-order valence-corrected chi connectivity index (χ3v) is 4.23. The van der Waals surface area contributed by atoms with Gasteiger partial charge in [-0.05, 0) is 41.8 Å². The van der Waals surface area contributed by atoms with Crippen molar-refractivity contribution in [2.24, 2.45) is 0 Å². The molecule has 1 amide bonds. The summed E-state index contributed by atoms with van der Waals surface area (Å²) in [6.07, 6.45) is 10.0. The molecular weight excluding hydrogens is 288 g/mol. The third kappa shape index (κ3) is 2.50. The Labute approximate surface area is 133 Å². The fourth-order valence-corrected chi connectivity index (χ4v) is 3.02. The highest BCUT2D eigenvalue weighted by atomic mass is 16.2. The van der Waals surface area contributed by atoms with Gasteiger partial charge in [-0.15, -0.1) is 0 Å². The SMILES string of the molecule is O=C(c1ccncc1)N1CC=C(c2ccnc3[nH]ccc23)CC1. The van der Waals surface area contributed by atoms with E-state index in [4.69, 9.17) is 0 Å². The maximum atomic E-state index is 12.5. The van der Waals surface area contributed by atoms with Crippen LogP contribution >= 0.6 is 0 Å². The molecule has 3 aromatic heterocycles. The van der Waals surface area contributed by atoms with Crippen LogP contribution in [0.1, 0.15) is 22.3 Å².